The number of amides is 1. The zero-order chi connectivity index (χ0) is 17.3. The van der Waals surface area contributed by atoms with Crippen LogP contribution in [-0.2, 0) is 15.1 Å². The maximum Gasteiger partial charge on any atom is 0.257 e. The minimum absolute atomic E-state index is 0.420. The van der Waals surface area contributed by atoms with E-state index in [-0.39, 0.29) is 0 Å². The lowest BCUT2D eigenvalue weighted by Gasteiger charge is -2.40. The van der Waals surface area contributed by atoms with Gasteiger partial charge in [0.1, 0.15) is 11.5 Å². The van der Waals surface area contributed by atoms with Crippen LogP contribution in [0.25, 0.3) is 0 Å². The monoisotopic (exact) mass is 329 g/mol. The van der Waals surface area contributed by atoms with Gasteiger partial charge in [-0.3, -0.25) is 4.79 Å². The largest absolute Gasteiger partial charge is 0.497 e. The Morgan fingerprint density at radius 1 is 1.04 bits per heavy atom. The van der Waals surface area contributed by atoms with E-state index >= 15 is 0 Å². The number of rotatable bonds is 4. The molecule has 0 radical (unpaired) electrons. The molecule has 1 heterocycles. The van der Waals surface area contributed by atoms with Gasteiger partial charge in [-0.25, -0.2) is 0 Å². The van der Waals surface area contributed by atoms with Crippen LogP contribution in [0.3, 0.4) is 0 Å². The van der Waals surface area contributed by atoms with Gasteiger partial charge in [-0.2, -0.15) is 0 Å². The Labute approximate surface area is 140 Å². The van der Waals surface area contributed by atoms with Gasteiger partial charge in [0.2, 0.25) is 0 Å². The predicted octanol–water partition coefficient (Wildman–Crippen LogP) is 1.91. The van der Waals surface area contributed by atoms with Crippen molar-refractivity contribution in [2.45, 2.75) is 11.7 Å². The summed E-state index contributed by atoms with van der Waals surface area (Å²) in [7, 11) is 4.47. The van der Waals surface area contributed by atoms with Crippen molar-refractivity contribution in [3.63, 3.8) is 0 Å². The second kappa shape index (κ2) is 6.14. The van der Waals surface area contributed by atoms with Gasteiger partial charge in [0, 0.05) is 7.11 Å². The molecule has 0 spiro atoms. The maximum atomic E-state index is 12.4. The lowest BCUT2D eigenvalue weighted by molar-refractivity contribution is -0.142. The minimum Gasteiger partial charge on any atom is -0.497 e. The summed E-state index contributed by atoms with van der Waals surface area (Å²) < 4.78 is 15.9. The van der Waals surface area contributed by atoms with Crippen LogP contribution in [0.15, 0.2) is 42.5 Å². The van der Waals surface area contributed by atoms with Crippen molar-refractivity contribution in [1.29, 1.82) is 0 Å². The molecule has 0 aliphatic carbocycles. The van der Waals surface area contributed by atoms with Crippen molar-refractivity contribution < 1.29 is 24.1 Å². The highest BCUT2D eigenvalue weighted by Crippen LogP contribution is 2.46. The molecule has 6 nitrogen and oxygen atoms in total. The third-order valence-corrected chi connectivity index (χ3v) is 4.27. The number of anilines is 1. The Morgan fingerprint density at radius 2 is 1.75 bits per heavy atom. The van der Waals surface area contributed by atoms with Crippen molar-refractivity contribution in [2.24, 2.45) is 0 Å². The van der Waals surface area contributed by atoms with Gasteiger partial charge in [-0.1, -0.05) is 18.2 Å². The molecule has 0 fully saturated rings. The first-order chi connectivity index (χ1) is 11.6. The summed E-state index contributed by atoms with van der Waals surface area (Å²) in [5, 5.41) is 14.3. The first-order valence-electron chi connectivity index (χ1n) is 7.44. The predicted molar refractivity (Wildman–Crippen MR) is 88.4 cm³/mol. The molecule has 24 heavy (non-hydrogen) atoms. The summed E-state index contributed by atoms with van der Waals surface area (Å²) in [5.74, 6) is 0.696. The molecule has 0 saturated heterocycles. The third-order valence-electron chi connectivity index (χ3n) is 4.27. The molecule has 2 unspecified atom stereocenters. The quantitative estimate of drug-likeness (QED) is 0.896. The molecule has 2 aromatic carbocycles. The normalized spacial score (nSPS) is 22.5. The van der Waals surface area contributed by atoms with Crippen LogP contribution >= 0.6 is 0 Å². The van der Waals surface area contributed by atoms with E-state index in [1.807, 2.05) is 0 Å². The second-order valence-corrected chi connectivity index (χ2v) is 5.48. The number of carbonyl (C=O) groups is 1. The highest BCUT2D eigenvalue weighted by atomic mass is 16.5. The van der Waals surface area contributed by atoms with E-state index < -0.39 is 17.6 Å². The number of fused-ring (bicyclic) bond motifs is 1. The first-order valence-corrected chi connectivity index (χ1v) is 7.44. The van der Waals surface area contributed by atoms with E-state index in [0.29, 0.717) is 28.3 Å². The molecule has 1 aliphatic rings. The van der Waals surface area contributed by atoms with E-state index in [1.165, 1.54) is 14.2 Å². The number of methoxy groups -OCH3 is 3. The van der Waals surface area contributed by atoms with Crippen LogP contribution in [0.4, 0.5) is 5.69 Å². The molecule has 1 amide bonds. The number of benzene rings is 2. The van der Waals surface area contributed by atoms with Gasteiger partial charge >= 0.3 is 0 Å². The molecule has 3 rings (SSSR count). The Bertz CT molecular complexity index is 759. The third kappa shape index (κ3) is 2.31. The number of hydrogen-bond donors (Lipinski definition) is 2. The molecule has 2 N–H and O–H groups in total. The van der Waals surface area contributed by atoms with Crippen molar-refractivity contribution in [3.05, 3.63) is 53.6 Å². The standard InChI is InChI=1S/C18H19NO5/c1-22-12-9-7-11(8-10-12)18(21)15-13(5-4-6-14(15)23-2)19-17(20)16(18)24-3/h4-10,16,21H,1-3H3,(H,19,20). The van der Waals surface area contributed by atoms with E-state index in [1.54, 1.807) is 49.6 Å². The lowest BCUT2D eigenvalue weighted by atomic mass is 9.77. The Balaban J connectivity index is 2.27. The van der Waals surface area contributed by atoms with E-state index in [2.05, 4.69) is 5.32 Å². The minimum atomic E-state index is -1.69. The van der Waals surface area contributed by atoms with Gasteiger partial charge < -0.3 is 24.6 Å². The van der Waals surface area contributed by atoms with Crippen LogP contribution in [0.1, 0.15) is 11.1 Å². The number of ether oxygens (including phenoxy) is 3. The van der Waals surface area contributed by atoms with E-state index in [0.717, 1.165) is 0 Å². The van der Waals surface area contributed by atoms with Gasteiger partial charge in [0.25, 0.3) is 5.91 Å². The SMILES string of the molecule is COc1ccc(C2(O)c3c(cccc3OC)NC(=O)C2OC)cc1. The first kappa shape index (κ1) is 16.3. The Morgan fingerprint density at radius 3 is 2.33 bits per heavy atom. The fourth-order valence-corrected chi connectivity index (χ4v) is 3.14. The number of hydrogen-bond acceptors (Lipinski definition) is 5. The fraction of sp³-hybridized carbons (Fsp3) is 0.278. The molecular formula is C18H19NO5. The molecule has 1 aliphatic heterocycles. The molecular weight excluding hydrogens is 310 g/mol. The molecule has 126 valence electrons. The molecule has 6 heteroatoms. The fourth-order valence-electron chi connectivity index (χ4n) is 3.14. The van der Waals surface area contributed by atoms with Crippen LogP contribution in [0, 0.1) is 0 Å². The number of aliphatic hydroxyl groups is 1. The van der Waals surface area contributed by atoms with Crippen LogP contribution in [0.2, 0.25) is 0 Å². The summed E-state index contributed by atoms with van der Waals surface area (Å²) in [5.41, 5.74) is -0.225. The van der Waals surface area contributed by atoms with Gasteiger partial charge in [0.05, 0.1) is 25.5 Å². The van der Waals surface area contributed by atoms with E-state index in [9.17, 15) is 9.90 Å². The maximum absolute atomic E-state index is 12.4. The smallest absolute Gasteiger partial charge is 0.257 e. The van der Waals surface area contributed by atoms with Crippen molar-refractivity contribution in [1.82, 2.24) is 0 Å². The Kier molecular flexibility index (Phi) is 4.17. The number of nitrogens with one attached hydrogen (secondary N) is 1. The van der Waals surface area contributed by atoms with Crippen molar-refractivity contribution >= 4 is 11.6 Å². The van der Waals surface area contributed by atoms with Gasteiger partial charge in [0.15, 0.2) is 11.7 Å². The van der Waals surface area contributed by atoms with Crippen LogP contribution in [0.5, 0.6) is 11.5 Å². The van der Waals surface area contributed by atoms with E-state index in [4.69, 9.17) is 14.2 Å². The van der Waals surface area contributed by atoms with Gasteiger partial charge in [-0.05, 0) is 29.8 Å². The molecule has 0 saturated carbocycles. The van der Waals surface area contributed by atoms with Crippen molar-refractivity contribution in [3.8, 4) is 11.5 Å². The number of carbonyl (C=O) groups excluding carboxylic acids is 1. The highest BCUT2D eigenvalue weighted by Gasteiger charge is 2.51. The highest BCUT2D eigenvalue weighted by molar-refractivity contribution is 6.00. The Hall–Kier alpha value is -2.57. The zero-order valence-electron chi connectivity index (χ0n) is 13.7. The van der Waals surface area contributed by atoms with Gasteiger partial charge in [-0.15, -0.1) is 0 Å². The summed E-state index contributed by atoms with van der Waals surface area (Å²) in [4.78, 5) is 12.4. The topological polar surface area (TPSA) is 77.0 Å². The summed E-state index contributed by atoms with van der Waals surface area (Å²) in [6.07, 6.45) is -1.12. The molecule has 2 atom stereocenters. The molecule has 0 bridgehead atoms. The second-order valence-electron chi connectivity index (χ2n) is 5.48. The zero-order valence-corrected chi connectivity index (χ0v) is 13.7. The average Bonchev–Trinajstić information content (AvgIpc) is 2.61. The lowest BCUT2D eigenvalue weighted by Crippen LogP contribution is -2.52. The van der Waals surface area contributed by atoms with Crippen LogP contribution < -0.4 is 14.8 Å². The van der Waals surface area contributed by atoms with Crippen LogP contribution in [-0.4, -0.2) is 38.4 Å². The molecule has 2 aromatic rings. The summed E-state index contributed by atoms with van der Waals surface area (Å²) in [6.45, 7) is 0. The molecule has 0 aromatic heterocycles. The average molecular weight is 329 g/mol. The summed E-state index contributed by atoms with van der Waals surface area (Å²) >= 11 is 0. The summed E-state index contributed by atoms with van der Waals surface area (Å²) in [6, 6.07) is 12.1. The van der Waals surface area contributed by atoms with Crippen molar-refractivity contribution in [2.75, 3.05) is 26.6 Å².